The van der Waals surface area contributed by atoms with Crippen molar-refractivity contribution in [2.45, 2.75) is 13.0 Å². The van der Waals surface area contributed by atoms with E-state index in [0.29, 0.717) is 51.0 Å². The predicted molar refractivity (Wildman–Crippen MR) is 122 cm³/mol. The number of nitrogens with zero attached hydrogens (tertiary/aromatic N) is 5. The monoisotopic (exact) mass is 457 g/mol. The molecule has 33 heavy (non-hydrogen) atoms. The largest absolute Gasteiger partial charge is 0.460 e. The van der Waals surface area contributed by atoms with E-state index in [9.17, 15) is 4.79 Å². The summed E-state index contributed by atoms with van der Waals surface area (Å²) in [5, 5.41) is 7.13. The Bertz CT molecular complexity index is 974. The first-order chi connectivity index (χ1) is 16.0. The lowest BCUT2D eigenvalue weighted by Crippen LogP contribution is -2.47. The van der Waals surface area contributed by atoms with Crippen molar-refractivity contribution in [2.75, 3.05) is 67.2 Å². The number of carbonyl (C=O) groups is 1. The van der Waals surface area contributed by atoms with E-state index in [1.807, 2.05) is 17.3 Å². The standard InChI is InChI=1S/C22H28FN7O3/c23-21-16(15-33-20(31)12-19(24)25)2-1-3-18(21)29-4-6-30(7-5-29)22-26-13-17(14-27-22)28-8-10-32-11-9-28/h1-3,13-14H,4-12,15H2,(H3,24,25). The number of carbonyl (C=O) groups excluding carboxylic acids is 1. The Hall–Kier alpha value is -3.47. The van der Waals surface area contributed by atoms with Gasteiger partial charge in [0.2, 0.25) is 5.95 Å². The van der Waals surface area contributed by atoms with E-state index in [0.717, 1.165) is 18.8 Å². The van der Waals surface area contributed by atoms with Crippen molar-refractivity contribution >= 4 is 29.1 Å². The van der Waals surface area contributed by atoms with Gasteiger partial charge < -0.3 is 29.9 Å². The number of hydrogen-bond acceptors (Lipinski definition) is 9. The van der Waals surface area contributed by atoms with Crippen LogP contribution in [0, 0.1) is 11.2 Å². The van der Waals surface area contributed by atoms with Crippen LogP contribution in [0.3, 0.4) is 0 Å². The average molecular weight is 458 g/mol. The number of halogens is 1. The molecule has 2 aromatic rings. The Morgan fingerprint density at radius 1 is 1.06 bits per heavy atom. The highest BCUT2D eigenvalue weighted by Gasteiger charge is 2.23. The van der Waals surface area contributed by atoms with Gasteiger partial charge >= 0.3 is 5.97 Å². The summed E-state index contributed by atoms with van der Waals surface area (Å²) >= 11 is 0. The third-order valence-electron chi connectivity index (χ3n) is 5.69. The van der Waals surface area contributed by atoms with Gasteiger partial charge in [-0.15, -0.1) is 0 Å². The number of nitrogens with two attached hydrogens (primary N) is 1. The molecule has 2 saturated heterocycles. The molecule has 0 unspecified atom stereocenters. The van der Waals surface area contributed by atoms with Crippen molar-refractivity contribution in [3.8, 4) is 0 Å². The minimum Gasteiger partial charge on any atom is -0.460 e. The molecule has 0 radical (unpaired) electrons. The number of morpholine rings is 1. The molecule has 2 fully saturated rings. The van der Waals surface area contributed by atoms with E-state index in [1.165, 1.54) is 0 Å². The Morgan fingerprint density at radius 2 is 1.73 bits per heavy atom. The molecule has 10 nitrogen and oxygen atoms in total. The zero-order chi connectivity index (χ0) is 23.2. The molecule has 3 N–H and O–H groups in total. The lowest BCUT2D eigenvalue weighted by Gasteiger charge is -2.36. The van der Waals surface area contributed by atoms with E-state index >= 15 is 4.39 Å². The zero-order valence-electron chi connectivity index (χ0n) is 18.4. The van der Waals surface area contributed by atoms with Crippen LogP contribution >= 0.6 is 0 Å². The van der Waals surface area contributed by atoms with Crippen LogP contribution in [0.1, 0.15) is 12.0 Å². The van der Waals surface area contributed by atoms with Crippen molar-refractivity contribution in [1.82, 2.24) is 9.97 Å². The van der Waals surface area contributed by atoms with Crippen LogP contribution < -0.4 is 20.4 Å². The van der Waals surface area contributed by atoms with E-state index in [4.69, 9.17) is 20.6 Å². The van der Waals surface area contributed by atoms with Crippen LogP contribution in [-0.2, 0) is 20.9 Å². The van der Waals surface area contributed by atoms with Gasteiger partial charge in [0, 0.05) is 44.8 Å². The van der Waals surface area contributed by atoms with Crippen LogP contribution in [0.25, 0.3) is 0 Å². The maximum Gasteiger partial charge on any atom is 0.313 e. The molecule has 11 heteroatoms. The lowest BCUT2D eigenvalue weighted by atomic mass is 10.1. The van der Waals surface area contributed by atoms with Gasteiger partial charge in [-0.05, 0) is 6.07 Å². The molecule has 3 heterocycles. The second-order valence-electron chi connectivity index (χ2n) is 7.93. The number of piperazine rings is 1. The molecule has 0 atom stereocenters. The topological polar surface area (TPSA) is 121 Å². The van der Waals surface area contributed by atoms with Crippen LogP contribution in [0.5, 0.6) is 0 Å². The van der Waals surface area contributed by atoms with Crippen LogP contribution in [0.15, 0.2) is 30.6 Å². The molecule has 0 saturated carbocycles. The fourth-order valence-corrected chi connectivity index (χ4v) is 3.90. The minimum atomic E-state index is -0.652. The molecule has 0 amide bonds. The Kier molecular flexibility index (Phi) is 7.18. The number of nitrogens with one attached hydrogen (secondary N) is 1. The smallest absolute Gasteiger partial charge is 0.313 e. The Labute approximate surface area is 191 Å². The maximum atomic E-state index is 15.1. The van der Waals surface area contributed by atoms with Crippen molar-refractivity contribution in [1.29, 1.82) is 5.41 Å². The fourth-order valence-electron chi connectivity index (χ4n) is 3.90. The summed E-state index contributed by atoms with van der Waals surface area (Å²) in [5.41, 5.74) is 6.94. The average Bonchev–Trinajstić information content (AvgIpc) is 2.84. The number of ether oxygens (including phenoxy) is 2. The second kappa shape index (κ2) is 10.4. The number of benzene rings is 1. The summed E-state index contributed by atoms with van der Waals surface area (Å²) in [6.45, 7) is 5.43. The van der Waals surface area contributed by atoms with Crippen LogP contribution in [0.4, 0.5) is 21.7 Å². The Morgan fingerprint density at radius 3 is 2.39 bits per heavy atom. The third-order valence-corrected chi connectivity index (χ3v) is 5.69. The van der Waals surface area contributed by atoms with Gasteiger partial charge in [0.05, 0.1) is 37.0 Å². The van der Waals surface area contributed by atoms with Crippen LogP contribution in [-0.4, -0.2) is 74.3 Å². The molecule has 0 aliphatic carbocycles. The number of esters is 1. The van der Waals surface area contributed by atoms with Gasteiger partial charge in [0.15, 0.2) is 5.82 Å². The fraction of sp³-hybridized carbons (Fsp3) is 0.455. The van der Waals surface area contributed by atoms with Gasteiger partial charge in [0.25, 0.3) is 0 Å². The molecular formula is C22H28FN7O3. The third kappa shape index (κ3) is 5.67. The molecule has 1 aromatic heterocycles. The van der Waals surface area contributed by atoms with Crippen molar-refractivity contribution in [2.24, 2.45) is 5.73 Å². The minimum absolute atomic E-state index is 0.199. The first-order valence-electron chi connectivity index (χ1n) is 10.9. The molecule has 2 aliphatic heterocycles. The lowest BCUT2D eigenvalue weighted by molar-refractivity contribution is -0.143. The summed E-state index contributed by atoms with van der Waals surface area (Å²) in [4.78, 5) is 26.9. The first-order valence-corrected chi connectivity index (χ1v) is 10.9. The Balaban J connectivity index is 1.34. The van der Waals surface area contributed by atoms with Crippen molar-refractivity contribution in [3.05, 3.63) is 42.0 Å². The number of rotatable bonds is 7. The van der Waals surface area contributed by atoms with E-state index in [-0.39, 0.29) is 24.4 Å². The normalized spacial score (nSPS) is 16.6. The number of anilines is 3. The molecular weight excluding hydrogens is 429 g/mol. The number of aromatic nitrogens is 2. The summed E-state index contributed by atoms with van der Waals surface area (Å²) in [6.07, 6.45) is 3.38. The first kappa shape index (κ1) is 22.7. The summed E-state index contributed by atoms with van der Waals surface area (Å²) in [7, 11) is 0. The van der Waals surface area contributed by atoms with Gasteiger partial charge in [0.1, 0.15) is 18.9 Å². The van der Waals surface area contributed by atoms with E-state index in [2.05, 4.69) is 19.8 Å². The van der Waals surface area contributed by atoms with Gasteiger partial charge in [-0.2, -0.15) is 0 Å². The van der Waals surface area contributed by atoms with Gasteiger partial charge in [-0.1, -0.05) is 12.1 Å². The highest BCUT2D eigenvalue weighted by atomic mass is 19.1. The van der Waals surface area contributed by atoms with E-state index < -0.39 is 11.8 Å². The highest BCUT2D eigenvalue weighted by Crippen LogP contribution is 2.25. The van der Waals surface area contributed by atoms with E-state index in [1.54, 1.807) is 18.2 Å². The zero-order valence-corrected chi connectivity index (χ0v) is 18.4. The highest BCUT2D eigenvalue weighted by molar-refractivity contribution is 5.94. The molecule has 2 aliphatic rings. The molecule has 1 aromatic carbocycles. The van der Waals surface area contributed by atoms with Gasteiger partial charge in [-0.3, -0.25) is 10.2 Å². The predicted octanol–water partition coefficient (Wildman–Crippen LogP) is 1.15. The summed E-state index contributed by atoms with van der Waals surface area (Å²) < 4.78 is 25.5. The van der Waals surface area contributed by atoms with Crippen molar-refractivity contribution < 1.29 is 18.7 Å². The maximum absolute atomic E-state index is 15.1. The summed E-state index contributed by atoms with van der Waals surface area (Å²) in [5.74, 6) is -0.682. The molecule has 4 rings (SSSR count). The quantitative estimate of drug-likeness (QED) is 0.358. The number of hydrogen-bond donors (Lipinski definition) is 2. The number of amidine groups is 1. The second-order valence-corrected chi connectivity index (χ2v) is 7.93. The molecule has 0 spiro atoms. The van der Waals surface area contributed by atoms with Crippen LogP contribution in [0.2, 0.25) is 0 Å². The van der Waals surface area contributed by atoms with Crippen molar-refractivity contribution in [3.63, 3.8) is 0 Å². The molecule has 0 bridgehead atoms. The molecule has 176 valence electrons. The van der Waals surface area contributed by atoms with Gasteiger partial charge in [-0.25, -0.2) is 14.4 Å². The summed E-state index contributed by atoms with van der Waals surface area (Å²) in [6, 6.07) is 5.05. The SMILES string of the molecule is N=C(N)CC(=O)OCc1cccc(N2CCN(c3ncc(N4CCOCC4)cn3)CC2)c1F.